The van der Waals surface area contributed by atoms with Crippen LogP contribution >= 0.6 is 27.7 Å². The van der Waals surface area contributed by atoms with E-state index in [2.05, 4.69) is 38.3 Å². The van der Waals surface area contributed by atoms with E-state index in [0.717, 1.165) is 28.4 Å². The number of halogens is 1. The molecule has 3 aromatic rings. The first kappa shape index (κ1) is 17.5. The van der Waals surface area contributed by atoms with E-state index in [1.165, 1.54) is 35.7 Å². The normalized spacial score (nSPS) is 13.4. The summed E-state index contributed by atoms with van der Waals surface area (Å²) in [4.78, 5) is 12.5. The molecule has 0 unspecified atom stereocenters. The Hall–Kier alpha value is -1.92. The van der Waals surface area contributed by atoms with E-state index < -0.39 is 0 Å². The summed E-state index contributed by atoms with van der Waals surface area (Å²) in [5.74, 6) is 0.821. The number of ketones is 1. The maximum Gasteiger partial charge on any atom is 0.277 e. The van der Waals surface area contributed by atoms with Gasteiger partial charge in [-0.2, -0.15) is 0 Å². The Morgan fingerprint density at radius 2 is 1.88 bits per heavy atom. The van der Waals surface area contributed by atoms with Crippen molar-refractivity contribution in [3.05, 3.63) is 63.6 Å². The third-order valence-corrected chi connectivity index (χ3v) is 6.02. The average Bonchev–Trinajstić information content (AvgIpc) is 3.15. The van der Waals surface area contributed by atoms with Crippen LogP contribution in [0.15, 0.2) is 56.6 Å². The van der Waals surface area contributed by atoms with Crippen LogP contribution < -0.4 is 0 Å². The van der Waals surface area contributed by atoms with Crippen molar-refractivity contribution in [1.82, 2.24) is 10.2 Å². The summed E-state index contributed by atoms with van der Waals surface area (Å²) in [7, 11) is 0. The van der Waals surface area contributed by atoms with Crippen LogP contribution in [0, 0.1) is 0 Å². The first-order valence-electron chi connectivity index (χ1n) is 8.57. The molecule has 0 N–H and O–H groups in total. The first-order valence-corrected chi connectivity index (χ1v) is 10.3. The van der Waals surface area contributed by atoms with Gasteiger partial charge in [0.05, 0.1) is 11.3 Å². The first-order chi connectivity index (χ1) is 12.7. The predicted molar refractivity (Wildman–Crippen MR) is 106 cm³/mol. The van der Waals surface area contributed by atoms with Gasteiger partial charge in [0, 0.05) is 10.0 Å². The van der Waals surface area contributed by atoms with Gasteiger partial charge >= 0.3 is 0 Å². The Labute approximate surface area is 164 Å². The van der Waals surface area contributed by atoms with Crippen molar-refractivity contribution in [3.63, 3.8) is 0 Å². The largest absolute Gasteiger partial charge is 0.411 e. The van der Waals surface area contributed by atoms with Crippen LogP contribution in [0.1, 0.15) is 34.3 Å². The highest BCUT2D eigenvalue weighted by Crippen LogP contribution is 2.29. The number of fused-ring (bicyclic) bond motifs is 1. The lowest BCUT2D eigenvalue weighted by Gasteiger charge is -2.16. The summed E-state index contributed by atoms with van der Waals surface area (Å²) in [6.07, 6.45) is 4.65. The van der Waals surface area contributed by atoms with Gasteiger partial charge < -0.3 is 4.42 Å². The van der Waals surface area contributed by atoms with Crippen LogP contribution in [0.4, 0.5) is 0 Å². The summed E-state index contributed by atoms with van der Waals surface area (Å²) in [5.41, 5.74) is 4.31. The maximum atomic E-state index is 12.5. The summed E-state index contributed by atoms with van der Waals surface area (Å²) in [6, 6.07) is 13.8. The molecule has 0 atom stereocenters. The van der Waals surface area contributed by atoms with Gasteiger partial charge in [-0.25, -0.2) is 0 Å². The number of hydrogen-bond donors (Lipinski definition) is 0. The molecule has 26 heavy (non-hydrogen) atoms. The van der Waals surface area contributed by atoms with Gasteiger partial charge in [0.1, 0.15) is 0 Å². The molecular formula is C20H17BrN2O2S. The molecule has 4 rings (SSSR count). The lowest BCUT2D eigenvalue weighted by Crippen LogP contribution is -2.07. The molecule has 2 aromatic carbocycles. The second-order valence-electron chi connectivity index (χ2n) is 6.26. The number of aromatic nitrogens is 2. The van der Waals surface area contributed by atoms with E-state index >= 15 is 0 Å². The molecule has 132 valence electrons. The van der Waals surface area contributed by atoms with Crippen LogP contribution in [0.2, 0.25) is 0 Å². The summed E-state index contributed by atoms with van der Waals surface area (Å²) < 4.78 is 6.58. The number of thioether (sulfide) groups is 1. The molecule has 4 nitrogen and oxygen atoms in total. The zero-order valence-corrected chi connectivity index (χ0v) is 16.5. The Morgan fingerprint density at radius 1 is 1.08 bits per heavy atom. The number of aryl methyl sites for hydroxylation is 2. The van der Waals surface area contributed by atoms with E-state index in [9.17, 15) is 4.79 Å². The number of benzene rings is 2. The number of rotatable bonds is 5. The van der Waals surface area contributed by atoms with Crippen molar-refractivity contribution in [1.29, 1.82) is 0 Å². The SMILES string of the molecule is O=C(CSc1nnc(-c2ccccc2Br)o1)c1ccc2c(c1)CCCC2. The summed E-state index contributed by atoms with van der Waals surface area (Å²) in [6.45, 7) is 0. The summed E-state index contributed by atoms with van der Waals surface area (Å²) in [5, 5.41) is 8.52. The van der Waals surface area contributed by atoms with Crippen molar-refractivity contribution in [2.45, 2.75) is 30.9 Å². The van der Waals surface area contributed by atoms with Crippen molar-refractivity contribution < 1.29 is 9.21 Å². The van der Waals surface area contributed by atoms with E-state index in [1.54, 1.807) is 0 Å². The molecular weight excluding hydrogens is 412 g/mol. The molecule has 6 heteroatoms. The van der Waals surface area contributed by atoms with Gasteiger partial charge in [-0.1, -0.05) is 36.0 Å². The Bertz CT molecular complexity index is 954. The molecule has 0 saturated heterocycles. The van der Waals surface area contributed by atoms with Gasteiger partial charge in [0.15, 0.2) is 5.78 Å². The molecule has 0 aliphatic heterocycles. The van der Waals surface area contributed by atoms with Gasteiger partial charge in [-0.15, -0.1) is 10.2 Å². The van der Waals surface area contributed by atoms with Gasteiger partial charge in [0.2, 0.25) is 5.89 Å². The highest BCUT2D eigenvalue weighted by Gasteiger charge is 2.16. The minimum Gasteiger partial charge on any atom is -0.411 e. The molecule has 0 radical (unpaired) electrons. The molecule has 1 aliphatic rings. The number of carbonyl (C=O) groups is 1. The maximum absolute atomic E-state index is 12.5. The molecule has 1 aromatic heterocycles. The standard InChI is InChI=1S/C20H17BrN2O2S/c21-17-8-4-3-7-16(17)19-22-23-20(25-19)26-12-18(24)15-10-9-13-5-1-2-6-14(13)11-15/h3-4,7-11H,1-2,5-6,12H2. The highest BCUT2D eigenvalue weighted by molar-refractivity contribution is 9.10. The van der Waals surface area contributed by atoms with Crippen LogP contribution in [-0.2, 0) is 12.8 Å². The minimum absolute atomic E-state index is 0.0871. The Kier molecular flexibility index (Phi) is 5.22. The fourth-order valence-corrected chi connectivity index (χ4v) is 4.24. The summed E-state index contributed by atoms with van der Waals surface area (Å²) >= 11 is 4.75. The van der Waals surface area contributed by atoms with Gasteiger partial charge in [-0.3, -0.25) is 4.79 Å². The molecule has 0 saturated carbocycles. The van der Waals surface area contributed by atoms with Crippen molar-refractivity contribution in [2.75, 3.05) is 5.75 Å². The molecule has 0 spiro atoms. The lowest BCUT2D eigenvalue weighted by atomic mass is 9.90. The van der Waals surface area contributed by atoms with Crippen LogP contribution in [0.5, 0.6) is 0 Å². The second-order valence-corrected chi connectivity index (χ2v) is 8.04. The molecule has 0 fully saturated rings. The van der Waals surface area contributed by atoms with Crippen LogP contribution in [0.3, 0.4) is 0 Å². The van der Waals surface area contributed by atoms with Gasteiger partial charge in [-0.05, 0) is 70.9 Å². The van der Waals surface area contributed by atoms with Crippen LogP contribution in [0.25, 0.3) is 11.5 Å². The third-order valence-electron chi connectivity index (χ3n) is 4.51. The lowest BCUT2D eigenvalue weighted by molar-refractivity contribution is 0.102. The highest BCUT2D eigenvalue weighted by atomic mass is 79.9. The number of hydrogen-bond acceptors (Lipinski definition) is 5. The van der Waals surface area contributed by atoms with Crippen molar-refractivity contribution in [3.8, 4) is 11.5 Å². The molecule has 1 heterocycles. The smallest absolute Gasteiger partial charge is 0.277 e. The number of Topliss-reactive ketones (excluding diaryl/α,β-unsaturated/α-hetero) is 1. The third kappa shape index (κ3) is 3.76. The predicted octanol–water partition coefficient (Wildman–Crippen LogP) is 5.35. The van der Waals surface area contributed by atoms with Crippen LogP contribution in [-0.4, -0.2) is 21.7 Å². The van der Waals surface area contributed by atoms with Crippen molar-refractivity contribution in [2.24, 2.45) is 0 Å². The fraction of sp³-hybridized carbons (Fsp3) is 0.250. The Morgan fingerprint density at radius 3 is 2.73 bits per heavy atom. The van der Waals surface area contributed by atoms with E-state index in [4.69, 9.17) is 4.42 Å². The fourth-order valence-electron chi connectivity index (χ4n) is 3.13. The number of carbonyl (C=O) groups excluding carboxylic acids is 1. The number of nitrogens with zero attached hydrogens (tertiary/aromatic N) is 2. The molecule has 0 bridgehead atoms. The van der Waals surface area contributed by atoms with E-state index in [-0.39, 0.29) is 11.5 Å². The Balaban J connectivity index is 1.43. The van der Waals surface area contributed by atoms with E-state index in [0.29, 0.717) is 11.1 Å². The molecule has 1 aliphatic carbocycles. The zero-order chi connectivity index (χ0) is 17.9. The minimum atomic E-state index is 0.0871. The molecule has 0 amide bonds. The quantitative estimate of drug-likeness (QED) is 0.404. The van der Waals surface area contributed by atoms with Crippen molar-refractivity contribution >= 4 is 33.5 Å². The second kappa shape index (κ2) is 7.76. The zero-order valence-electron chi connectivity index (χ0n) is 14.1. The van der Waals surface area contributed by atoms with Gasteiger partial charge in [0.25, 0.3) is 5.22 Å². The topological polar surface area (TPSA) is 56.0 Å². The van der Waals surface area contributed by atoms with E-state index in [1.807, 2.05) is 30.3 Å². The monoisotopic (exact) mass is 428 g/mol. The average molecular weight is 429 g/mol.